The first-order valence-corrected chi connectivity index (χ1v) is 5.35. The van der Waals surface area contributed by atoms with Crippen molar-refractivity contribution in [3.8, 4) is 0 Å². The number of esters is 1. The van der Waals surface area contributed by atoms with Gasteiger partial charge < -0.3 is 21.7 Å². The van der Waals surface area contributed by atoms with E-state index >= 15 is 0 Å². The van der Waals surface area contributed by atoms with E-state index in [0.717, 1.165) is 16.5 Å². The molecular formula is C11H10BrNO2S. The van der Waals surface area contributed by atoms with Crippen molar-refractivity contribution in [1.29, 1.82) is 0 Å². The van der Waals surface area contributed by atoms with Gasteiger partial charge in [0.05, 0.1) is 6.26 Å². The number of nitrogens with zero attached hydrogens (tertiary/aromatic N) is 1. The molecule has 0 bridgehead atoms. The van der Waals surface area contributed by atoms with Crippen molar-refractivity contribution in [2.45, 2.75) is 6.54 Å². The lowest BCUT2D eigenvalue weighted by atomic mass is 10.3. The van der Waals surface area contributed by atoms with Gasteiger partial charge in [-0.15, -0.1) is 0 Å². The molecule has 1 heterocycles. The average molecular weight is 300 g/mol. The highest BCUT2D eigenvalue weighted by atomic mass is 79.9. The van der Waals surface area contributed by atoms with Gasteiger partial charge >= 0.3 is 5.97 Å². The number of aromatic nitrogens is 1. The second-order valence-corrected chi connectivity index (χ2v) is 3.86. The summed E-state index contributed by atoms with van der Waals surface area (Å²) >= 11 is 1.60. The lowest BCUT2D eigenvalue weighted by Crippen LogP contribution is -3.00. The fourth-order valence-corrected chi connectivity index (χ4v) is 2.26. The monoisotopic (exact) mass is 299 g/mol. The molecule has 0 saturated heterocycles. The molecule has 0 aliphatic rings. The largest absolute Gasteiger partial charge is 1.00 e. The molecule has 0 unspecified atom stereocenters. The number of hydrogen-bond acceptors (Lipinski definition) is 3. The van der Waals surface area contributed by atoms with Crippen LogP contribution in [0.2, 0.25) is 0 Å². The zero-order chi connectivity index (χ0) is 10.7. The summed E-state index contributed by atoms with van der Waals surface area (Å²) in [7, 11) is 0. The number of carbonyl (C=O) groups is 1. The Morgan fingerprint density at radius 2 is 2.25 bits per heavy atom. The number of benzene rings is 1. The van der Waals surface area contributed by atoms with Crippen molar-refractivity contribution >= 4 is 27.5 Å². The number of ether oxygens (including phenoxy) is 1. The molecule has 0 aliphatic heterocycles. The Morgan fingerprint density at radius 1 is 1.50 bits per heavy atom. The number of para-hydroxylation sites is 1. The van der Waals surface area contributed by atoms with Gasteiger partial charge in [0.15, 0.2) is 0 Å². The molecule has 1 aromatic carbocycles. The summed E-state index contributed by atoms with van der Waals surface area (Å²) < 4.78 is 7.70. The molecule has 1 aromatic heterocycles. The first-order valence-electron chi connectivity index (χ1n) is 4.47. The topological polar surface area (TPSA) is 30.2 Å². The second-order valence-electron chi connectivity index (χ2n) is 2.98. The van der Waals surface area contributed by atoms with Crippen molar-refractivity contribution in [3.05, 3.63) is 42.6 Å². The molecule has 0 spiro atoms. The molecule has 0 fully saturated rings. The summed E-state index contributed by atoms with van der Waals surface area (Å²) in [5.41, 5.74) is 2.96. The van der Waals surface area contributed by atoms with Crippen molar-refractivity contribution in [2.24, 2.45) is 0 Å². The lowest BCUT2D eigenvalue weighted by molar-refractivity contribution is -0.655. The van der Waals surface area contributed by atoms with E-state index in [9.17, 15) is 4.79 Å². The first kappa shape index (κ1) is 12.9. The van der Waals surface area contributed by atoms with E-state index in [0.29, 0.717) is 0 Å². The van der Waals surface area contributed by atoms with Crippen molar-refractivity contribution in [2.75, 3.05) is 0 Å². The Balaban J connectivity index is 0.00000128. The fraction of sp³-hybridized carbons (Fsp3) is 0.0909. The predicted molar refractivity (Wildman–Crippen MR) is 58.3 cm³/mol. The number of rotatable bonds is 3. The van der Waals surface area contributed by atoms with E-state index in [-0.39, 0.29) is 29.5 Å². The molecule has 2 rings (SSSR count). The van der Waals surface area contributed by atoms with Gasteiger partial charge in [0, 0.05) is 6.07 Å². The van der Waals surface area contributed by atoms with E-state index < -0.39 is 0 Å². The maximum absolute atomic E-state index is 11.2. The third-order valence-corrected chi connectivity index (χ3v) is 2.95. The molecule has 0 N–H and O–H groups in total. The van der Waals surface area contributed by atoms with Gasteiger partial charge in [-0.1, -0.05) is 30.0 Å². The summed E-state index contributed by atoms with van der Waals surface area (Å²) in [5.74, 6) is -0.307. The third-order valence-electron chi connectivity index (χ3n) is 2.00. The highest BCUT2D eigenvalue weighted by Gasteiger charge is 2.15. The minimum absolute atomic E-state index is 0. The van der Waals surface area contributed by atoms with Crippen LogP contribution in [0.25, 0.3) is 10.2 Å². The van der Waals surface area contributed by atoms with Crippen LogP contribution in [0.15, 0.2) is 42.6 Å². The standard InChI is InChI=1S/C11H10NO2S.BrH/c1-2-14-11(13)7-12-8-15-10-6-4-3-5-9(10)12;/h2-6,8H,1,7H2;1H/q+1;/p-1. The van der Waals surface area contributed by atoms with Gasteiger partial charge in [0.2, 0.25) is 17.6 Å². The molecule has 0 saturated carbocycles. The zero-order valence-electron chi connectivity index (χ0n) is 8.43. The number of halogens is 1. The van der Waals surface area contributed by atoms with Crippen molar-refractivity contribution < 1.29 is 31.1 Å². The highest BCUT2D eigenvalue weighted by molar-refractivity contribution is 7.16. The van der Waals surface area contributed by atoms with Gasteiger partial charge in [-0.2, -0.15) is 4.57 Å². The van der Waals surface area contributed by atoms with Crippen molar-refractivity contribution in [3.63, 3.8) is 0 Å². The van der Waals surface area contributed by atoms with Crippen LogP contribution in [-0.4, -0.2) is 5.97 Å². The van der Waals surface area contributed by atoms with Crippen LogP contribution in [0.1, 0.15) is 0 Å². The van der Waals surface area contributed by atoms with Crippen LogP contribution in [0.3, 0.4) is 0 Å². The van der Waals surface area contributed by atoms with Gasteiger partial charge in [0.1, 0.15) is 4.70 Å². The number of carbonyl (C=O) groups excluding carboxylic acids is 1. The quantitative estimate of drug-likeness (QED) is 0.408. The molecule has 2 aromatic rings. The van der Waals surface area contributed by atoms with Crippen LogP contribution in [0, 0.1) is 0 Å². The Kier molecular flexibility index (Phi) is 4.64. The van der Waals surface area contributed by atoms with Crippen LogP contribution < -0.4 is 21.5 Å². The van der Waals surface area contributed by atoms with Crippen LogP contribution in [-0.2, 0) is 16.1 Å². The predicted octanol–water partition coefficient (Wildman–Crippen LogP) is -1.12. The summed E-state index contributed by atoms with van der Waals surface area (Å²) in [6, 6.07) is 7.93. The summed E-state index contributed by atoms with van der Waals surface area (Å²) in [6.07, 6.45) is 1.15. The van der Waals surface area contributed by atoms with Gasteiger partial charge in [0.25, 0.3) is 0 Å². The minimum atomic E-state index is -0.307. The maximum atomic E-state index is 11.2. The van der Waals surface area contributed by atoms with E-state index in [1.807, 2.05) is 34.3 Å². The Hall–Kier alpha value is -1.20. The van der Waals surface area contributed by atoms with Gasteiger partial charge in [-0.05, 0) is 6.07 Å². The first-order chi connectivity index (χ1) is 7.31. The fourth-order valence-electron chi connectivity index (χ4n) is 1.36. The SMILES string of the molecule is C=COC(=O)C[n+]1csc2ccccc21.[Br-]. The average Bonchev–Trinajstić information content (AvgIpc) is 2.62. The van der Waals surface area contributed by atoms with E-state index in [2.05, 4.69) is 11.3 Å². The Morgan fingerprint density at radius 3 is 3.00 bits per heavy atom. The maximum Gasteiger partial charge on any atom is 0.377 e. The van der Waals surface area contributed by atoms with Gasteiger partial charge in [-0.25, -0.2) is 4.79 Å². The van der Waals surface area contributed by atoms with Crippen molar-refractivity contribution in [1.82, 2.24) is 0 Å². The smallest absolute Gasteiger partial charge is 0.377 e. The summed E-state index contributed by atoms with van der Waals surface area (Å²) in [5, 5.41) is 0. The molecule has 84 valence electrons. The van der Waals surface area contributed by atoms with E-state index in [1.54, 1.807) is 11.3 Å². The third kappa shape index (κ3) is 2.68. The molecule has 3 nitrogen and oxygen atoms in total. The summed E-state index contributed by atoms with van der Waals surface area (Å²) in [6.45, 7) is 3.56. The molecule has 16 heavy (non-hydrogen) atoms. The van der Waals surface area contributed by atoms with Gasteiger partial charge in [-0.3, -0.25) is 0 Å². The summed E-state index contributed by atoms with van der Waals surface area (Å²) in [4.78, 5) is 11.2. The van der Waals surface area contributed by atoms with Crippen LogP contribution in [0.5, 0.6) is 0 Å². The molecule has 0 amide bonds. The molecule has 0 aliphatic carbocycles. The molecule has 5 heteroatoms. The number of thiazole rings is 1. The van der Waals surface area contributed by atoms with E-state index in [4.69, 9.17) is 0 Å². The Labute approximate surface area is 108 Å². The number of fused-ring (bicyclic) bond motifs is 1. The molecule has 0 atom stereocenters. The minimum Gasteiger partial charge on any atom is -1.00 e. The molecule has 0 radical (unpaired) electrons. The normalized spacial score (nSPS) is 9.50. The Bertz CT molecular complexity index is 509. The zero-order valence-corrected chi connectivity index (χ0v) is 10.8. The van der Waals surface area contributed by atoms with Crippen LogP contribution in [0.4, 0.5) is 0 Å². The lowest BCUT2D eigenvalue weighted by Gasteiger charge is -1.93. The van der Waals surface area contributed by atoms with E-state index in [1.165, 1.54) is 0 Å². The molecular weight excluding hydrogens is 290 g/mol. The highest BCUT2D eigenvalue weighted by Crippen LogP contribution is 2.14. The van der Waals surface area contributed by atoms with Crippen LogP contribution >= 0.6 is 11.3 Å². The second kappa shape index (κ2) is 5.77. The number of hydrogen-bond donors (Lipinski definition) is 0.